The molecule has 0 radical (unpaired) electrons. The first-order valence-corrected chi connectivity index (χ1v) is 6.87. The van der Waals surface area contributed by atoms with Crippen molar-refractivity contribution in [3.63, 3.8) is 0 Å². The fraction of sp³-hybridized carbons (Fsp3) is 0.357. The Kier molecular flexibility index (Phi) is 3.81. The van der Waals surface area contributed by atoms with Gasteiger partial charge in [-0.3, -0.25) is 5.32 Å². The van der Waals surface area contributed by atoms with Crippen molar-refractivity contribution in [1.82, 2.24) is 19.9 Å². The summed E-state index contributed by atoms with van der Waals surface area (Å²) in [5.41, 5.74) is 0. The average molecular weight is 289 g/mol. The van der Waals surface area contributed by atoms with Crippen molar-refractivity contribution in [2.24, 2.45) is 5.92 Å². The molecule has 0 aliphatic carbocycles. The highest BCUT2D eigenvalue weighted by Crippen LogP contribution is 2.18. The summed E-state index contributed by atoms with van der Waals surface area (Å²) in [7, 11) is 0. The number of rotatable bonds is 3. The van der Waals surface area contributed by atoms with Gasteiger partial charge in [-0.25, -0.2) is 19.2 Å². The molecule has 2 aromatic rings. The normalized spacial score (nSPS) is 17.1. The Hall–Kier alpha value is -2.44. The predicted octanol–water partition coefficient (Wildman–Crippen LogP) is 1.80. The molecule has 0 fully saturated rings. The zero-order valence-electron chi connectivity index (χ0n) is 11.4. The number of pyridine rings is 1. The van der Waals surface area contributed by atoms with Gasteiger partial charge in [0.15, 0.2) is 0 Å². The maximum atomic E-state index is 12.7. The van der Waals surface area contributed by atoms with Crippen LogP contribution in [0.25, 0.3) is 0 Å². The van der Waals surface area contributed by atoms with Gasteiger partial charge in [-0.1, -0.05) is 0 Å². The quantitative estimate of drug-likeness (QED) is 0.905. The molecule has 0 saturated heterocycles. The molecule has 1 unspecified atom stereocenters. The van der Waals surface area contributed by atoms with Crippen molar-refractivity contribution in [2.75, 3.05) is 11.9 Å². The largest absolute Gasteiger partial charge is 0.338 e. The number of urea groups is 1. The smallest absolute Gasteiger partial charge is 0.320 e. The van der Waals surface area contributed by atoms with Crippen LogP contribution in [0.15, 0.2) is 30.7 Å². The third-order valence-electron chi connectivity index (χ3n) is 3.57. The lowest BCUT2D eigenvalue weighted by atomic mass is 9.98. The summed E-state index contributed by atoms with van der Waals surface area (Å²) in [4.78, 5) is 19.8. The molecular weight excluding hydrogens is 273 g/mol. The van der Waals surface area contributed by atoms with Crippen LogP contribution in [-0.4, -0.2) is 27.1 Å². The summed E-state index contributed by atoms with van der Waals surface area (Å²) >= 11 is 0. The molecular formula is C14H16FN5O. The molecule has 0 saturated carbocycles. The van der Waals surface area contributed by atoms with E-state index in [1.54, 1.807) is 6.20 Å². The predicted molar refractivity (Wildman–Crippen MR) is 75.3 cm³/mol. The van der Waals surface area contributed by atoms with Gasteiger partial charge in [0.1, 0.15) is 17.5 Å². The number of nitrogens with one attached hydrogen (secondary N) is 2. The van der Waals surface area contributed by atoms with Crippen molar-refractivity contribution >= 4 is 11.8 Å². The first-order valence-electron chi connectivity index (χ1n) is 6.87. The van der Waals surface area contributed by atoms with Crippen LogP contribution in [0.4, 0.5) is 15.0 Å². The van der Waals surface area contributed by atoms with Crippen molar-refractivity contribution in [3.05, 3.63) is 42.4 Å². The third-order valence-corrected chi connectivity index (χ3v) is 3.57. The second-order valence-electron chi connectivity index (χ2n) is 5.09. The Bertz CT molecular complexity index is 625. The van der Waals surface area contributed by atoms with E-state index in [1.807, 2.05) is 6.20 Å². The van der Waals surface area contributed by atoms with E-state index in [0.29, 0.717) is 18.3 Å². The second kappa shape index (κ2) is 5.90. The topological polar surface area (TPSA) is 71.8 Å². The van der Waals surface area contributed by atoms with Gasteiger partial charge in [-0.2, -0.15) is 0 Å². The van der Waals surface area contributed by atoms with Crippen LogP contribution < -0.4 is 10.6 Å². The lowest BCUT2D eigenvalue weighted by molar-refractivity contribution is 0.248. The van der Waals surface area contributed by atoms with Gasteiger partial charge in [0.05, 0.1) is 6.20 Å². The van der Waals surface area contributed by atoms with Crippen LogP contribution in [0.5, 0.6) is 0 Å². The molecule has 0 bridgehead atoms. The van der Waals surface area contributed by atoms with Crippen molar-refractivity contribution in [3.8, 4) is 0 Å². The number of fused-ring (bicyclic) bond motifs is 1. The van der Waals surface area contributed by atoms with E-state index < -0.39 is 5.82 Å². The highest BCUT2D eigenvalue weighted by Gasteiger charge is 2.19. The maximum absolute atomic E-state index is 12.7. The Morgan fingerprint density at radius 3 is 3.14 bits per heavy atom. The molecule has 1 aliphatic heterocycles. The van der Waals surface area contributed by atoms with Crippen molar-refractivity contribution < 1.29 is 9.18 Å². The second-order valence-corrected chi connectivity index (χ2v) is 5.09. The van der Waals surface area contributed by atoms with Crippen LogP contribution in [0.3, 0.4) is 0 Å². The number of hydrogen-bond acceptors (Lipinski definition) is 3. The SMILES string of the molecule is O=C(NCC1CCn2ccnc2C1)Nc1ccc(F)cn1. The minimum Gasteiger partial charge on any atom is -0.338 e. The first-order chi connectivity index (χ1) is 10.2. The van der Waals surface area contributed by atoms with Gasteiger partial charge in [-0.05, 0) is 24.5 Å². The molecule has 110 valence electrons. The number of halogens is 1. The van der Waals surface area contributed by atoms with Crippen molar-refractivity contribution in [2.45, 2.75) is 19.4 Å². The van der Waals surface area contributed by atoms with E-state index >= 15 is 0 Å². The number of carbonyl (C=O) groups is 1. The van der Waals surface area contributed by atoms with Gasteiger partial charge in [0.2, 0.25) is 0 Å². The van der Waals surface area contributed by atoms with Crippen molar-refractivity contribution in [1.29, 1.82) is 0 Å². The molecule has 3 heterocycles. The number of aromatic nitrogens is 3. The average Bonchev–Trinajstić information content (AvgIpc) is 2.95. The minimum absolute atomic E-state index is 0.327. The molecule has 3 rings (SSSR count). The maximum Gasteiger partial charge on any atom is 0.320 e. The van der Waals surface area contributed by atoms with Gasteiger partial charge in [0.25, 0.3) is 0 Å². The fourth-order valence-corrected chi connectivity index (χ4v) is 2.44. The molecule has 1 aliphatic rings. The molecule has 0 spiro atoms. The Morgan fingerprint density at radius 1 is 1.43 bits per heavy atom. The number of anilines is 1. The van der Waals surface area contributed by atoms with Crippen LogP contribution in [0.1, 0.15) is 12.2 Å². The van der Waals surface area contributed by atoms with Gasteiger partial charge >= 0.3 is 6.03 Å². The van der Waals surface area contributed by atoms with E-state index in [1.165, 1.54) is 12.1 Å². The van der Waals surface area contributed by atoms with Gasteiger partial charge in [-0.15, -0.1) is 0 Å². The molecule has 0 aromatic carbocycles. The van der Waals surface area contributed by atoms with Crippen LogP contribution >= 0.6 is 0 Å². The first kappa shape index (κ1) is 13.5. The molecule has 7 heteroatoms. The number of imidazole rings is 1. The number of aryl methyl sites for hydroxylation is 1. The molecule has 2 aromatic heterocycles. The highest BCUT2D eigenvalue weighted by molar-refractivity contribution is 5.88. The Labute approximate surface area is 121 Å². The third kappa shape index (κ3) is 3.36. The lowest BCUT2D eigenvalue weighted by Crippen LogP contribution is -2.35. The number of amides is 2. The standard InChI is InChI=1S/C14H16FN5O/c15-11-1-2-12(17-9-11)19-14(21)18-8-10-3-5-20-6-4-16-13(20)7-10/h1-2,4,6,9-10H,3,5,7-8H2,(H2,17,18,19,21). The van der Waals surface area contributed by atoms with E-state index in [0.717, 1.165) is 31.4 Å². The van der Waals surface area contributed by atoms with E-state index in [2.05, 4.69) is 25.2 Å². The Balaban J connectivity index is 1.47. The van der Waals surface area contributed by atoms with E-state index in [9.17, 15) is 9.18 Å². The highest BCUT2D eigenvalue weighted by atomic mass is 19.1. The summed E-state index contributed by atoms with van der Waals surface area (Å²) in [6.07, 6.45) is 6.72. The molecule has 2 N–H and O–H groups in total. The summed E-state index contributed by atoms with van der Waals surface area (Å²) in [5.74, 6) is 1.34. The molecule has 21 heavy (non-hydrogen) atoms. The Morgan fingerprint density at radius 2 is 2.33 bits per heavy atom. The zero-order chi connectivity index (χ0) is 14.7. The summed E-state index contributed by atoms with van der Waals surface area (Å²) in [6.45, 7) is 1.52. The zero-order valence-corrected chi connectivity index (χ0v) is 11.4. The van der Waals surface area contributed by atoms with E-state index in [-0.39, 0.29) is 6.03 Å². The lowest BCUT2D eigenvalue weighted by Gasteiger charge is -2.23. The molecule has 2 amide bonds. The minimum atomic E-state index is -0.432. The number of nitrogens with zero attached hydrogens (tertiary/aromatic N) is 3. The number of carbonyl (C=O) groups excluding carboxylic acids is 1. The van der Waals surface area contributed by atoms with Gasteiger partial charge < -0.3 is 9.88 Å². The van der Waals surface area contributed by atoms with Crippen LogP contribution in [0, 0.1) is 11.7 Å². The van der Waals surface area contributed by atoms with E-state index in [4.69, 9.17) is 0 Å². The summed E-state index contributed by atoms with van der Waals surface area (Å²) in [5, 5.41) is 5.39. The van der Waals surface area contributed by atoms with Crippen LogP contribution in [-0.2, 0) is 13.0 Å². The molecule has 1 atom stereocenters. The number of hydrogen-bond donors (Lipinski definition) is 2. The fourth-order valence-electron chi connectivity index (χ4n) is 2.44. The summed E-state index contributed by atoms with van der Waals surface area (Å²) < 4.78 is 14.8. The molecule has 6 nitrogen and oxygen atoms in total. The summed E-state index contributed by atoms with van der Waals surface area (Å²) in [6, 6.07) is 2.35. The monoisotopic (exact) mass is 289 g/mol. The van der Waals surface area contributed by atoms with Crippen LogP contribution in [0.2, 0.25) is 0 Å². The van der Waals surface area contributed by atoms with Gasteiger partial charge in [0, 0.05) is 31.9 Å².